The maximum atomic E-state index is 12.3. The number of imidazole rings is 1. The maximum absolute atomic E-state index is 12.3. The molecule has 1 fully saturated rings. The lowest BCUT2D eigenvalue weighted by Crippen LogP contribution is -2.41. The molecule has 0 bridgehead atoms. The lowest BCUT2D eigenvalue weighted by molar-refractivity contribution is 0.00578. The number of nitrogens with zero attached hydrogens (tertiary/aromatic N) is 2. The Balaban J connectivity index is 2.34. The Morgan fingerprint density at radius 2 is 1.86 bits per heavy atom. The van der Waals surface area contributed by atoms with Crippen molar-refractivity contribution in [1.82, 2.24) is 9.55 Å². The second-order valence-corrected chi connectivity index (χ2v) is 7.99. The Hall–Kier alpha value is -0.855. The monoisotopic (exact) mass is 373 g/mol. The zero-order valence-electron chi connectivity index (χ0n) is 15.0. The molecule has 0 amide bonds. The predicted molar refractivity (Wildman–Crippen MR) is 87.3 cm³/mol. The van der Waals surface area contributed by atoms with Crippen LogP contribution in [0.25, 0.3) is 0 Å². The van der Waals surface area contributed by atoms with Crippen LogP contribution in [0.5, 0.6) is 0 Å². The summed E-state index contributed by atoms with van der Waals surface area (Å²) in [7, 11) is -0.813. The molecular formula is C14H22BBrN2O4. The van der Waals surface area contributed by atoms with Gasteiger partial charge < -0.3 is 14.0 Å². The van der Waals surface area contributed by atoms with Gasteiger partial charge in [0.2, 0.25) is 0 Å². The van der Waals surface area contributed by atoms with Crippen molar-refractivity contribution in [1.29, 1.82) is 0 Å². The zero-order chi connectivity index (χ0) is 17.8. The van der Waals surface area contributed by atoms with Gasteiger partial charge in [0.05, 0.1) is 18.2 Å². The largest absolute Gasteiger partial charge is 0.516 e. The summed E-state index contributed by atoms with van der Waals surface area (Å²) in [5, 5.41) is 0. The SMILES string of the molecule is [2H]c1c(B2OC(C)(C)C(C)(C)O2)nc(Br)n1C(=O)OC(C)(C)C. The fraction of sp³-hybridized carbons (Fsp3) is 0.714. The van der Waals surface area contributed by atoms with Crippen molar-refractivity contribution in [3.8, 4) is 0 Å². The Kier molecular flexibility index (Phi) is 3.90. The molecule has 0 radical (unpaired) electrons. The molecule has 0 spiro atoms. The van der Waals surface area contributed by atoms with Crippen LogP contribution in [0, 0.1) is 0 Å². The fourth-order valence-electron chi connectivity index (χ4n) is 1.82. The summed E-state index contributed by atoms with van der Waals surface area (Å²) in [6.07, 6.45) is -0.797. The summed E-state index contributed by atoms with van der Waals surface area (Å²) in [5.74, 6) is 0. The third kappa shape index (κ3) is 3.39. The molecule has 0 saturated carbocycles. The number of halogens is 1. The number of carbonyl (C=O) groups is 1. The summed E-state index contributed by atoms with van der Waals surface area (Å²) in [4.78, 5) is 16.5. The van der Waals surface area contributed by atoms with Crippen molar-refractivity contribution < 1.29 is 20.2 Å². The first-order valence-electron chi connectivity index (χ1n) is 7.59. The van der Waals surface area contributed by atoms with Gasteiger partial charge in [-0.2, -0.15) is 0 Å². The Morgan fingerprint density at radius 1 is 1.36 bits per heavy atom. The highest BCUT2D eigenvalue weighted by Crippen LogP contribution is 2.36. The van der Waals surface area contributed by atoms with Crippen LogP contribution in [-0.4, -0.2) is 39.6 Å². The zero-order valence-corrected chi connectivity index (χ0v) is 15.6. The second kappa shape index (κ2) is 5.35. The third-order valence-corrected chi connectivity index (χ3v) is 4.21. The van der Waals surface area contributed by atoms with Crippen LogP contribution in [-0.2, 0) is 14.0 Å². The number of hydrogen-bond donors (Lipinski definition) is 0. The van der Waals surface area contributed by atoms with Gasteiger partial charge in [-0.15, -0.1) is 0 Å². The second-order valence-electron chi connectivity index (χ2n) is 7.28. The molecule has 2 rings (SSSR count). The highest BCUT2D eigenvalue weighted by Gasteiger charge is 2.52. The van der Waals surface area contributed by atoms with Crippen LogP contribution in [0.1, 0.15) is 49.8 Å². The molecule has 0 atom stereocenters. The van der Waals surface area contributed by atoms with E-state index >= 15 is 0 Å². The van der Waals surface area contributed by atoms with E-state index in [0.717, 1.165) is 4.57 Å². The molecule has 122 valence electrons. The summed E-state index contributed by atoms with van der Waals surface area (Å²) in [6, 6.07) is 0. The molecule has 0 aliphatic carbocycles. The molecule has 1 aromatic rings. The number of rotatable bonds is 1. The predicted octanol–water partition coefficient (Wildman–Crippen LogP) is 2.73. The van der Waals surface area contributed by atoms with Gasteiger partial charge in [-0.3, -0.25) is 0 Å². The van der Waals surface area contributed by atoms with Gasteiger partial charge in [0.1, 0.15) is 5.60 Å². The van der Waals surface area contributed by atoms with Crippen molar-refractivity contribution in [2.75, 3.05) is 0 Å². The highest BCUT2D eigenvalue weighted by molar-refractivity contribution is 9.10. The first-order chi connectivity index (χ1) is 10.3. The molecule has 8 heteroatoms. The van der Waals surface area contributed by atoms with E-state index in [1.807, 2.05) is 27.7 Å². The van der Waals surface area contributed by atoms with E-state index in [0.29, 0.717) is 0 Å². The van der Waals surface area contributed by atoms with Crippen molar-refractivity contribution in [2.24, 2.45) is 0 Å². The summed E-state index contributed by atoms with van der Waals surface area (Å²) in [6.45, 7) is 12.9. The van der Waals surface area contributed by atoms with Gasteiger partial charge >= 0.3 is 13.2 Å². The number of aromatic nitrogens is 2. The molecule has 2 heterocycles. The van der Waals surface area contributed by atoms with Crippen LogP contribution in [0.2, 0.25) is 0 Å². The van der Waals surface area contributed by atoms with E-state index in [1.54, 1.807) is 20.8 Å². The van der Waals surface area contributed by atoms with E-state index in [-0.39, 0.29) is 16.5 Å². The third-order valence-electron chi connectivity index (χ3n) is 3.68. The summed E-state index contributed by atoms with van der Waals surface area (Å²) >= 11 is 3.20. The van der Waals surface area contributed by atoms with Crippen molar-refractivity contribution in [2.45, 2.75) is 65.3 Å². The van der Waals surface area contributed by atoms with Crippen molar-refractivity contribution >= 4 is 34.7 Å². The molecule has 0 unspecified atom stereocenters. The van der Waals surface area contributed by atoms with Gasteiger partial charge in [0.15, 0.2) is 4.73 Å². The van der Waals surface area contributed by atoms with Crippen molar-refractivity contribution in [3.63, 3.8) is 0 Å². The Morgan fingerprint density at radius 3 is 2.32 bits per heavy atom. The van der Waals surface area contributed by atoms with E-state index in [9.17, 15) is 4.79 Å². The summed E-state index contributed by atoms with van der Waals surface area (Å²) in [5.41, 5.74) is -1.53. The molecule has 1 aliphatic rings. The molecule has 22 heavy (non-hydrogen) atoms. The van der Waals surface area contributed by atoms with Crippen LogP contribution in [0.3, 0.4) is 0 Å². The molecule has 1 saturated heterocycles. The standard InChI is InChI=1S/C14H22BBrN2O4/c1-12(2,3)20-11(19)18-8-9(17-10(18)16)15-21-13(4,5)14(6,7)22-15/h8H,1-7H3/i8D. The Labute approximate surface area is 141 Å². The minimum absolute atomic E-state index is 0.121. The van der Waals surface area contributed by atoms with Crippen LogP contribution in [0.15, 0.2) is 10.9 Å². The maximum Gasteiger partial charge on any atom is 0.516 e. The molecule has 1 aliphatic heterocycles. The van der Waals surface area contributed by atoms with Crippen LogP contribution < -0.4 is 5.59 Å². The quantitative estimate of drug-likeness (QED) is 0.708. The van der Waals surface area contributed by atoms with Crippen molar-refractivity contribution in [3.05, 3.63) is 10.9 Å². The Bertz CT molecular complexity index is 623. The van der Waals surface area contributed by atoms with Crippen LogP contribution >= 0.6 is 15.9 Å². The number of hydrogen-bond acceptors (Lipinski definition) is 5. The first kappa shape index (κ1) is 16.0. The molecular weight excluding hydrogens is 351 g/mol. The van der Waals surface area contributed by atoms with Gasteiger partial charge in [0.25, 0.3) is 0 Å². The van der Waals surface area contributed by atoms with Gasteiger partial charge in [-0.25, -0.2) is 14.3 Å². The minimum Gasteiger partial charge on any atom is -0.443 e. The number of carbonyl (C=O) groups excluding carboxylic acids is 1. The van der Waals surface area contributed by atoms with Gasteiger partial charge in [0, 0.05) is 6.17 Å². The molecule has 1 aromatic heterocycles. The fourth-order valence-corrected chi connectivity index (χ4v) is 2.25. The van der Waals surface area contributed by atoms with Crippen LogP contribution in [0.4, 0.5) is 4.79 Å². The molecule has 0 N–H and O–H groups in total. The van der Waals surface area contributed by atoms with Gasteiger partial charge in [-0.05, 0) is 64.4 Å². The van der Waals surface area contributed by atoms with Gasteiger partial charge in [-0.1, -0.05) is 0 Å². The van der Waals surface area contributed by atoms with E-state index in [1.165, 1.54) is 0 Å². The molecule has 6 nitrogen and oxygen atoms in total. The minimum atomic E-state index is -0.813. The molecule has 0 aromatic carbocycles. The lowest BCUT2D eigenvalue weighted by atomic mass is 9.86. The van der Waals surface area contributed by atoms with E-state index in [4.69, 9.17) is 15.4 Å². The van der Waals surface area contributed by atoms with E-state index < -0.39 is 30.0 Å². The highest BCUT2D eigenvalue weighted by atomic mass is 79.9. The van der Waals surface area contributed by atoms with E-state index in [2.05, 4.69) is 20.9 Å². The topological polar surface area (TPSA) is 62.6 Å². The summed E-state index contributed by atoms with van der Waals surface area (Å²) < 4.78 is 26.5. The first-order valence-corrected chi connectivity index (χ1v) is 7.88. The smallest absolute Gasteiger partial charge is 0.443 e. The lowest BCUT2D eigenvalue weighted by Gasteiger charge is -2.32. The normalized spacial score (nSPS) is 20.9. The average Bonchev–Trinajstić information content (AvgIpc) is 2.71. The average molecular weight is 374 g/mol. The number of ether oxygens (including phenoxy) is 1.